The number of hydrogen-bond acceptors (Lipinski definition) is 5. The number of aryl methyl sites for hydroxylation is 1. The lowest BCUT2D eigenvalue weighted by atomic mass is 10.1. The highest BCUT2D eigenvalue weighted by molar-refractivity contribution is 7.89. The second kappa shape index (κ2) is 8.20. The third-order valence-electron chi connectivity index (χ3n) is 4.80. The molecule has 1 saturated heterocycles. The molecule has 0 aromatic heterocycles. The number of benzene rings is 2. The van der Waals surface area contributed by atoms with Gasteiger partial charge in [0.05, 0.1) is 16.9 Å². The summed E-state index contributed by atoms with van der Waals surface area (Å²) < 4.78 is 59.7. The molecule has 1 aliphatic rings. The van der Waals surface area contributed by atoms with Gasteiger partial charge in [-0.15, -0.1) is 0 Å². The molecule has 3 rings (SSSR count). The third kappa shape index (κ3) is 4.54. The Morgan fingerprint density at radius 2 is 1.43 bits per heavy atom. The molecular weight excluding hydrogens is 400 g/mol. The number of hydrogen-bond donors (Lipinski definition) is 1. The van der Waals surface area contributed by atoms with Crippen LogP contribution < -0.4 is 9.46 Å². The van der Waals surface area contributed by atoms with Crippen LogP contribution in [0.15, 0.2) is 58.3 Å². The minimum atomic E-state index is -3.67. The topological polar surface area (TPSA) is 92.8 Å². The van der Waals surface area contributed by atoms with Crippen LogP contribution in [0.1, 0.15) is 18.4 Å². The molecule has 0 saturated carbocycles. The van der Waals surface area contributed by atoms with E-state index in [-0.39, 0.29) is 28.9 Å². The molecule has 28 heavy (non-hydrogen) atoms. The Morgan fingerprint density at radius 1 is 0.893 bits per heavy atom. The number of nitrogens with zero attached hydrogens (tertiary/aromatic N) is 1. The SMILES string of the molecule is COc1ccc(S(=O)(=O)NC2CCN(S(=O)(=O)c3ccc(C)cc3)CC2)cc1. The summed E-state index contributed by atoms with van der Waals surface area (Å²) >= 11 is 0. The lowest BCUT2D eigenvalue weighted by Crippen LogP contribution is -2.46. The number of sulfonamides is 2. The molecule has 2 aromatic carbocycles. The highest BCUT2D eigenvalue weighted by atomic mass is 32.2. The van der Waals surface area contributed by atoms with Gasteiger partial charge in [-0.25, -0.2) is 21.6 Å². The molecule has 152 valence electrons. The van der Waals surface area contributed by atoms with E-state index in [0.717, 1.165) is 5.56 Å². The summed E-state index contributed by atoms with van der Waals surface area (Å²) in [6.07, 6.45) is 0.834. The van der Waals surface area contributed by atoms with Gasteiger partial charge in [-0.05, 0) is 56.2 Å². The number of methoxy groups -OCH3 is 1. The Labute approximate surface area is 166 Å². The van der Waals surface area contributed by atoms with Crippen LogP contribution in [-0.4, -0.2) is 47.4 Å². The van der Waals surface area contributed by atoms with Crippen molar-refractivity contribution in [3.8, 4) is 5.75 Å². The van der Waals surface area contributed by atoms with Crippen LogP contribution in [0.2, 0.25) is 0 Å². The first-order valence-corrected chi connectivity index (χ1v) is 11.9. The van der Waals surface area contributed by atoms with Gasteiger partial charge in [-0.1, -0.05) is 17.7 Å². The molecule has 9 heteroatoms. The molecule has 1 fully saturated rings. The number of ether oxygens (including phenoxy) is 1. The summed E-state index contributed by atoms with van der Waals surface area (Å²) in [4.78, 5) is 0.415. The molecule has 0 amide bonds. The highest BCUT2D eigenvalue weighted by Crippen LogP contribution is 2.22. The van der Waals surface area contributed by atoms with E-state index >= 15 is 0 Å². The maximum Gasteiger partial charge on any atom is 0.243 e. The molecule has 0 unspecified atom stereocenters. The van der Waals surface area contributed by atoms with Crippen molar-refractivity contribution in [3.63, 3.8) is 0 Å². The van der Waals surface area contributed by atoms with E-state index in [4.69, 9.17) is 4.74 Å². The number of rotatable bonds is 6. The van der Waals surface area contributed by atoms with Crippen LogP contribution >= 0.6 is 0 Å². The van der Waals surface area contributed by atoms with Crippen molar-refractivity contribution in [3.05, 3.63) is 54.1 Å². The van der Waals surface area contributed by atoms with E-state index < -0.39 is 20.0 Å². The lowest BCUT2D eigenvalue weighted by molar-refractivity contribution is 0.308. The normalized spacial score (nSPS) is 16.8. The first-order chi connectivity index (χ1) is 13.2. The largest absolute Gasteiger partial charge is 0.497 e. The second-order valence-corrected chi connectivity index (χ2v) is 10.4. The maximum atomic E-state index is 12.7. The van der Waals surface area contributed by atoms with Crippen LogP contribution in [0.3, 0.4) is 0 Å². The van der Waals surface area contributed by atoms with Crippen molar-refractivity contribution in [2.75, 3.05) is 20.2 Å². The van der Waals surface area contributed by atoms with E-state index in [9.17, 15) is 16.8 Å². The zero-order chi connectivity index (χ0) is 20.4. The van der Waals surface area contributed by atoms with Gasteiger partial charge < -0.3 is 4.74 Å². The fourth-order valence-corrected chi connectivity index (χ4v) is 5.89. The maximum absolute atomic E-state index is 12.7. The summed E-state index contributed by atoms with van der Waals surface area (Å²) in [5.74, 6) is 0.577. The first kappa shape index (κ1) is 20.8. The zero-order valence-electron chi connectivity index (χ0n) is 15.8. The van der Waals surface area contributed by atoms with Crippen LogP contribution in [0, 0.1) is 6.92 Å². The quantitative estimate of drug-likeness (QED) is 0.767. The summed E-state index contributed by atoms with van der Waals surface area (Å²) in [5, 5.41) is 0. The minimum absolute atomic E-state index is 0.156. The number of piperidine rings is 1. The van der Waals surface area contributed by atoms with E-state index in [1.807, 2.05) is 6.92 Å². The fraction of sp³-hybridized carbons (Fsp3) is 0.368. The molecule has 0 aliphatic carbocycles. The third-order valence-corrected chi connectivity index (χ3v) is 8.25. The van der Waals surface area contributed by atoms with Crippen molar-refractivity contribution < 1.29 is 21.6 Å². The van der Waals surface area contributed by atoms with Gasteiger partial charge in [0.1, 0.15) is 5.75 Å². The monoisotopic (exact) mass is 424 g/mol. The molecule has 1 heterocycles. The average molecular weight is 425 g/mol. The molecule has 0 spiro atoms. The zero-order valence-corrected chi connectivity index (χ0v) is 17.5. The van der Waals surface area contributed by atoms with E-state index in [1.165, 1.54) is 23.5 Å². The fourth-order valence-electron chi connectivity index (χ4n) is 3.12. The van der Waals surface area contributed by atoms with E-state index in [2.05, 4.69) is 4.72 Å². The minimum Gasteiger partial charge on any atom is -0.497 e. The van der Waals surface area contributed by atoms with E-state index in [0.29, 0.717) is 18.6 Å². The van der Waals surface area contributed by atoms with Gasteiger partial charge in [-0.2, -0.15) is 4.31 Å². The summed E-state index contributed by atoms with van der Waals surface area (Å²) in [7, 11) is -5.72. The predicted octanol–water partition coefficient (Wildman–Crippen LogP) is 2.14. The van der Waals surface area contributed by atoms with Gasteiger partial charge in [0.15, 0.2) is 0 Å². The Hall–Kier alpha value is -1.94. The smallest absolute Gasteiger partial charge is 0.243 e. The summed E-state index contributed by atoms with van der Waals surface area (Å²) in [6.45, 7) is 2.44. The highest BCUT2D eigenvalue weighted by Gasteiger charge is 2.31. The Bertz CT molecular complexity index is 1010. The molecule has 2 aromatic rings. The molecule has 0 bridgehead atoms. The average Bonchev–Trinajstić information content (AvgIpc) is 2.68. The molecule has 0 atom stereocenters. The van der Waals surface area contributed by atoms with E-state index in [1.54, 1.807) is 36.4 Å². The lowest BCUT2D eigenvalue weighted by Gasteiger charge is -2.31. The van der Waals surface area contributed by atoms with Crippen molar-refractivity contribution in [2.24, 2.45) is 0 Å². The van der Waals surface area contributed by atoms with Gasteiger partial charge >= 0.3 is 0 Å². The molecule has 7 nitrogen and oxygen atoms in total. The van der Waals surface area contributed by atoms with Gasteiger partial charge in [0.2, 0.25) is 20.0 Å². The van der Waals surface area contributed by atoms with Crippen LogP contribution in [0.4, 0.5) is 0 Å². The van der Waals surface area contributed by atoms with Gasteiger partial charge in [0, 0.05) is 19.1 Å². The van der Waals surface area contributed by atoms with Crippen LogP contribution in [0.25, 0.3) is 0 Å². The summed E-state index contributed by atoms with van der Waals surface area (Å²) in [6, 6.07) is 12.6. The van der Waals surface area contributed by atoms with Gasteiger partial charge in [0.25, 0.3) is 0 Å². The predicted molar refractivity (Wildman–Crippen MR) is 106 cm³/mol. The van der Waals surface area contributed by atoms with Crippen molar-refractivity contribution in [1.29, 1.82) is 0 Å². The second-order valence-electron chi connectivity index (χ2n) is 6.79. The number of nitrogens with one attached hydrogen (secondary N) is 1. The van der Waals surface area contributed by atoms with Crippen LogP contribution in [-0.2, 0) is 20.0 Å². The Kier molecular flexibility index (Phi) is 6.09. The van der Waals surface area contributed by atoms with Gasteiger partial charge in [-0.3, -0.25) is 0 Å². The first-order valence-electron chi connectivity index (χ1n) is 8.95. The molecule has 0 radical (unpaired) electrons. The molecule has 1 aliphatic heterocycles. The molecular formula is C19H24N2O5S2. The summed E-state index contributed by atoms with van der Waals surface area (Å²) in [5.41, 5.74) is 0.991. The van der Waals surface area contributed by atoms with Crippen molar-refractivity contribution in [1.82, 2.24) is 9.03 Å². The van der Waals surface area contributed by atoms with Crippen LogP contribution in [0.5, 0.6) is 5.75 Å². The standard InChI is InChI=1S/C19H24N2O5S2/c1-15-3-7-19(8-4-15)28(24,25)21-13-11-16(12-14-21)20-27(22,23)18-9-5-17(26-2)6-10-18/h3-10,16,20H,11-14H2,1-2H3. The van der Waals surface area contributed by atoms with Crippen molar-refractivity contribution in [2.45, 2.75) is 35.6 Å². The Balaban J connectivity index is 1.64. The Morgan fingerprint density at radius 3 is 1.96 bits per heavy atom. The van der Waals surface area contributed by atoms with Crippen molar-refractivity contribution >= 4 is 20.0 Å². The molecule has 1 N–H and O–H groups in total.